The van der Waals surface area contributed by atoms with Gasteiger partial charge in [-0.2, -0.15) is 0 Å². The fourth-order valence-corrected chi connectivity index (χ4v) is 7.04. The SMILES string of the molecule is CC(C)(C)OC(=O)[As]c1ccc2c(c1)C(C=O)c1cc([As]C(=O)OC(C)(C)C)ccc1-2. The number of benzene rings is 2. The number of rotatable bonds is 5. The van der Waals surface area contributed by atoms with Gasteiger partial charge < -0.3 is 0 Å². The van der Waals surface area contributed by atoms with E-state index >= 15 is 0 Å². The average Bonchev–Trinajstić information content (AvgIpc) is 2.90. The fraction of sp³-hybridized carbons (Fsp3) is 0.375. The Morgan fingerprint density at radius 2 is 1.16 bits per heavy atom. The number of ether oxygens (including phenoxy) is 2. The van der Waals surface area contributed by atoms with E-state index < -0.39 is 48.6 Å². The monoisotopic (exact) mass is 544 g/mol. The molecule has 2 aromatic rings. The van der Waals surface area contributed by atoms with Crippen molar-refractivity contribution in [3.63, 3.8) is 0 Å². The first-order chi connectivity index (χ1) is 14.4. The first kappa shape index (κ1) is 23.8. The van der Waals surface area contributed by atoms with Gasteiger partial charge in [-0.25, -0.2) is 0 Å². The summed E-state index contributed by atoms with van der Waals surface area (Å²) in [4.78, 5) is 36.5. The molecule has 1 aliphatic carbocycles. The molecule has 0 spiro atoms. The summed E-state index contributed by atoms with van der Waals surface area (Å²) in [6.07, 6.45) is 0.937. The Bertz CT molecular complexity index is 952. The van der Waals surface area contributed by atoms with Crippen molar-refractivity contribution in [2.24, 2.45) is 0 Å². The van der Waals surface area contributed by atoms with Crippen molar-refractivity contribution in [2.75, 3.05) is 0 Å². The molecular weight excluding hydrogens is 518 g/mol. The van der Waals surface area contributed by atoms with E-state index in [0.717, 1.165) is 37.2 Å². The van der Waals surface area contributed by atoms with Crippen molar-refractivity contribution in [2.45, 2.75) is 58.7 Å². The van der Waals surface area contributed by atoms with Crippen LogP contribution in [0.4, 0.5) is 9.59 Å². The zero-order valence-corrected chi connectivity index (χ0v) is 22.3. The van der Waals surface area contributed by atoms with E-state index in [1.54, 1.807) is 0 Å². The summed E-state index contributed by atoms with van der Waals surface area (Å²) < 4.78 is 12.3. The fourth-order valence-electron chi connectivity index (χ4n) is 3.34. The van der Waals surface area contributed by atoms with E-state index in [1.165, 1.54) is 0 Å². The summed E-state index contributed by atoms with van der Waals surface area (Å²) in [6, 6.07) is 11.8. The normalized spacial score (nSPS) is 15.9. The van der Waals surface area contributed by atoms with Crippen LogP contribution in [0.5, 0.6) is 0 Å². The van der Waals surface area contributed by atoms with Crippen LogP contribution in [-0.2, 0) is 14.3 Å². The Balaban J connectivity index is 1.84. The van der Waals surface area contributed by atoms with Gasteiger partial charge in [-0.3, -0.25) is 0 Å². The van der Waals surface area contributed by atoms with Gasteiger partial charge in [0.2, 0.25) is 0 Å². The van der Waals surface area contributed by atoms with Gasteiger partial charge in [0.15, 0.2) is 0 Å². The molecule has 162 valence electrons. The zero-order valence-electron chi connectivity index (χ0n) is 18.6. The van der Waals surface area contributed by atoms with Gasteiger partial charge >= 0.3 is 197 Å². The molecule has 0 amide bonds. The number of hydrogen-bond acceptors (Lipinski definition) is 5. The number of aldehydes is 1. The average molecular weight is 544 g/mol. The van der Waals surface area contributed by atoms with Crippen LogP contribution in [0.15, 0.2) is 36.4 Å². The third-order valence-corrected chi connectivity index (χ3v) is 7.79. The minimum atomic E-state index is -0.810. The maximum atomic E-state index is 12.3. The predicted molar refractivity (Wildman–Crippen MR) is 123 cm³/mol. The molecule has 0 unspecified atom stereocenters. The summed E-state index contributed by atoms with van der Waals surface area (Å²) in [5.41, 5.74) is 2.79. The molecule has 7 heteroatoms. The van der Waals surface area contributed by atoms with E-state index in [9.17, 15) is 14.4 Å². The van der Waals surface area contributed by atoms with Crippen molar-refractivity contribution in [1.29, 1.82) is 0 Å². The summed E-state index contributed by atoms with van der Waals surface area (Å²) in [5, 5.41) is 0. The Morgan fingerprint density at radius 3 is 1.48 bits per heavy atom. The second-order valence-corrected chi connectivity index (χ2v) is 14.0. The van der Waals surface area contributed by atoms with E-state index in [0.29, 0.717) is 0 Å². The van der Waals surface area contributed by atoms with Crippen LogP contribution >= 0.6 is 0 Å². The van der Waals surface area contributed by atoms with Crippen LogP contribution in [0.2, 0.25) is 0 Å². The van der Waals surface area contributed by atoms with Crippen molar-refractivity contribution < 1.29 is 23.9 Å². The second kappa shape index (κ2) is 8.96. The zero-order chi connectivity index (χ0) is 23.0. The van der Waals surface area contributed by atoms with Gasteiger partial charge in [-0.05, 0) is 0 Å². The summed E-state index contributed by atoms with van der Waals surface area (Å²) in [6.45, 7) is 11.1. The van der Waals surface area contributed by atoms with Crippen LogP contribution in [0.3, 0.4) is 0 Å². The predicted octanol–water partition coefficient (Wildman–Crippen LogP) is 3.53. The van der Waals surface area contributed by atoms with Gasteiger partial charge in [0.1, 0.15) is 0 Å². The molecule has 0 heterocycles. The van der Waals surface area contributed by atoms with E-state index in [1.807, 2.05) is 77.9 Å². The Morgan fingerprint density at radius 1 is 0.774 bits per heavy atom. The quantitative estimate of drug-likeness (QED) is 0.426. The summed E-state index contributed by atoms with van der Waals surface area (Å²) in [5.74, 6) is -0.399. The molecule has 0 fully saturated rings. The maximum absolute atomic E-state index is 12.3. The summed E-state index contributed by atoms with van der Waals surface area (Å²) in [7, 11) is 0. The molecule has 0 saturated carbocycles. The van der Waals surface area contributed by atoms with Crippen LogP contribution in [-0.4, -0.2) is 58.5 Å². The van der Waals surface area contributed by atoms with Gasteiger partial charge in [-0.15, -0.1) is 0 Å². The Kier molecular flexibility index (Phi) is 6.89. The minimum absolute atomic E-state index is 0.203. The van der Waals surface area contributed by atoms with Gasteiger partial charge in [0.05, 0.1) is 0 Å². The third kappa shape index (κ3) is 6.11. The molecule has 1 aliphatic rings. The van der Waals surface area contributed by atoms with E-state index in [2.05, 4.69) is 0 Å². The first-order valence-electron chi connectivity index (χ1n) is 9.99. The number of hydrogen-bond donors (Lipinski definition) is 0. The van der Waals surface area contributed by atoms with Crippen molar-refractivity contribution in [3.05, 3.63) is 47.5 Å². The van der Waals surface area contributed by atoms with Crippen molar-refractivity contribution >= 4 is 56.0 Å². The van der Waals surface area contributed by atoms with Gasteiger partial charge in [0.25, 0.3) is 0 Å². The van der Waals surface area contributed by atoms with Crippen LogP contribution in [0.25, 0.3) is 11.1 Å². The molecule has 5 nitrogen and oxygen atoms in total. The van der Waals surface area contributed by atoms with E-state index in [4.69, 9.17) is 9.47 Å². The molecule has 3 rings (SSSR count). The molecule has 0 aromatic heterocycles. The van der Waals surface area contributed by atoms with Gasteiger partial charge in [0, 0.05) is 0 Å². The Hall–Kier alpha value is -1.83. The van der Waals surface area contributed by atoms with Gasteiger partial charge in [-0.1, -0.05) is 0 Å². The first-order valence-corrected chi connectivity index (χ1v) is 13.7. The van der Waals surface area contributed by atoms with Crippen LogP contribution in [0.1, 0.15) is 58.6 Å². The number of fused-ring (bicyclic) bond motifs is 3. The third-order valence-electron chi connectivity index (χ3n) is 4.39. The summed E-state index contributed by atoms with van der Waals surface area (Å²) >= 11 is -1.62. The van der Waals surface area contributed by atoms with Crippen LogP contribution < -0.4 is 8.70 Å². The topological polar surface area (TPSA) is 69.7 Å². The molecule has 2 radical (unpaired) electrons. The molecule has 31 heavy (non-hydrogen) atoms. The molecule has 0 atom stereocenters. The molecule has 0 bridgehead atoms. The molecule has 2 aromatic carbocycles. The molecule has 0 N–H and O–H groups in total. The van der Waals surface area contributed by atoms with Crippen LogP contribution in [0, 0.1) is 0 Å². The molecular formula is C24H26As2O5. The standard InChI is InChI=1S/C24H26As2O5/c1-23(2,3)30-21(28)25-14-7-9-16-17-10-8-15(26-22(29)31-24(4,5)6)12-19(17)20(13-27)18(16)11-14/h7-13,20H,1-6H3. The molecule has 0 saturated heterocycles. The van der Waals surface area contributed by atoms with Crippen molar-refractivity contribution in [1.82, 2.24) is 0 Å². The molecule has 0 aliphatic heterocycles. The number of carbonyl (C=O) groups excluding carboxylic acids is 3. The van der Waals surface area contributed by atoms with Crippen molar-refractivity contribution in [3.8, 4) is 11.1 Å². The Labute approximate surface area is 196 Å². The second-order valence-electron chi connectivity index (χ2n) is 9.34. The van der Waals surface area contributed by atoms with E-state index in [-0.39, 0.29) is 9.51 Å². The number of carbonyl (C=O) groups is 3.